The van der Waals surface area contributed by atoms with Gasteiger partial charge in [0.2, 0.25) is 0 Å². The van der Waals surface area contributed by atoms with Gasteiger partial charge in [0, 0.05) is 12.6 Å². The lowest BCUT2D eigenvalue weighted by atomic mass is 10.00. The average molecular weight is 519 g/mol. The summed E-state index contributed by atoms with van der Waals surface area (Å²) in [7, 11) is 0. The summed E-state index contributed by atoms with van der Waals surface area (Å²) in [6.45, 7) is 10.5. The molecule has 9 heteroatoms. The van der Waals surface area contributed by atoms with E-state index in [-0.39, 0.29) is 31.7 Å². The predicted octanol–water partition coefficient (Wildman–Crippen LogP) is 5.15. The first-order chi connectivity index (χ1) is 17.4. The molecule has 202 valence electrons. The third-order valence-electron chi connectivity index (χ3n) is 5.31. The van der Waals surface area contributed by atoms with Crippen LogP contribution in [0.1, 0.15) is 44.4 Å². The summed E-state index contributed by atoms with van der Waals surface area (Å²) in [6.07, 6.45) is -0.711. The number of hydrogen-bond donors (Lipinski definition) is 2. The van der Waals surface area contributed by atoms with Crippen LogP contribution < -0.4 is 5.32 Å². The van der Waals surface area contributed by atoms with Crippen molar-refractivity contribution in [2.75, 3.05) is 13.2 Å². The van der Waals surface area contributed by atoms with Crippen molar-refractivity contribution >= 4 is 12.2 Å². The highest BCUT2D eigenvalue weighted by Crippen LogP contribution is 2.16. The molecule has 0 saturated heterocycles. The first kappa shape index (κ1) is 29.8. The molecule has 0 unspecified atom stereocenters. The maximum Gasteiger partial charge on any atom is 0.410 e. The van der Waals surface area contributed by atoms with Gasteiger partial charge in [0.25, 0.3) is 0 Å². The number of benzene rings is 2. The minimum atomic E-state index is -1.33. The zero-order valence-corrected chi connectivity index (χ0v) is 21.8. The van der Waals surface area contributed by atoms with Gasteiger partial charge in [0.05, 0.1) is 18.7 Å². The van der Waals surface area contributed by atoms with Crippen molar-refractivity contribution in [3.63, 3.8) is 0 Å². The molecule has 0 aromatic heterocycles. The molecule has 7 nitrogen and oxygen atoms in total. The number of aliphatic hydroxyl groups is 1. The number of carbonyl (C=O) groups is 2. The Morgan fingerprint density at radius 1 is 1.11 bits per heavy atom. The molecule has 0 aliphatic heterocycles. The van der Waals surface area contributed by atoms with E-state index in [1.54, 1.807) is 20.8 Å². The van der Waals surface area contributed by atoms with Crippen LogP contribution in [0.25, 0.3) is 0 Å². The van der Waals surface area contributed by atoms with Gasteiger partial charge in [-0.25, -0.2) is 18.4 Å². The van der Waals surface area contributed by atoms with E-state index in [1.807, 2.05) is 31.2 Å². The van der Waals surface area contributed by atoms with Gasteiger partial charge in [-0.1, -0.05) is 43.8 Å². The second-order valence-corrected chi connectivity index (χ2v) is 9.72. The molecular formula is C28H36F2N2O5. The van der Waals surface area contributed by atoms with Gasteiger partial charge in [-0.3, -0.25) is 0 Å². The van der Waals surface area contributed by atoms with E-state index in [0.717, 1.165) is 35.7 Å². The average Bonchev–Trinajstić information content (AvgIpc) is 2.79. The lowest BCUT2D eigenvalue weighted by Crippen LogP contribution is -2.51. The quantitative estimate of drug-likeness (QED) is 0.402. The minimum absolute atomic E-state index is 0.0252. The highest BCUT2D eigenvalue weighted by atomic mass is 19.1. The molecule has 0 heterocycles. The van der Waals surface area contributed by atoms with E-state index in [4.69, 9.17) is 9.47 Å². The zero-order chi connectivity index (χ0) is 27.6. The van der Waals surface area contributed by atoms with Crippen molar-refractivity contribution in [1.29, 1.82) is 0 Å². The molecule has 0 saturated carbocycles. The second-order valence-electron chi connectivity index (χ2n) is 9.72. The summed E-state index contributed by atoms with van der Waals surface area (Å²) in [5.41, 5.74) is 1.31. The number of carbonyl (C=O) groups excluding carboxylic acids is 2. The Kier molecular flexibility index (Phi) is 11.1. The smallest absolute Gasteiger partial charge is 0.410 e. The van der Waals surface area contributed by atoms with Crippen molar-refractivity contribution in [3.05, 3.63) is 83.4 Å². The number of rotatable bonds is 11. The molecule has 2 aromatic rings. The van der Waals surface area contributed by atoms with Crippen molar-refractivity contribution in [2.24, 2.45) is 0 Å². The number of aliphatic hydroxyl groups excluding tert-OH is 1. The standard InChI is InChI=1S/C28H36F2N2O5/c1-6-11-36-27(35)32(17-20-10-8-9-19(7-2)12-20)18-25(33)24(31-26(34)37-28(3,4)5)15-21-13-22(29)16-23(30)14-21/h6,8-10,12-14,16,24-25,33H,1,7,11,15,17-18H2,2-5H3,(H,31,34)/t24-,25+/m0/s1. The molecule has 0 fully saturated rings. The number of hydrogen-bond acceptors (Lipinski definition) is 5. The SMILES string of the molecule is C=CCOC(=O)N(Cc1cccc(CC)c1)C[C@@H](O)[C@H](Cc1cc(F)cc(F)c1)NC(=O)OC(C)(C)C. The zero-order valence-electron chi connectivity index (χ0n) is 21.8. The molecule has 2 rings (SSSR count). The van der Waals surface area contributed by atoms with Crippen LogP contribution in [-0.2, 0) is 28.9 Å². The van der Waals surface area contributed by atoms with Gasteiger partial charge >= 0.3 is 12.2 Å². The minimum Gasteiger partial charge on any atom is -0.445 e. The topological polar surface area (TPSA) is 88.1 Å². The Morgan fingerprint density at radius 3 is 2.35 bits per heavy atom. The molecule has 0 aliphatic carbocycles. The number of aryl methyl sites for hydroxylation is 1. The fraction of sp³-hybridized carbons (Fsp3) is 0.429. The molecule has 2 amide bonds. The van der Waals surface area contributed by atoms with E-state index in [1.165, 1.54) is 11.0 Å². The number of alkyl carbamates (subject to hydrolysis) is 1. The maximum absolute atomic E-state index is 13.8. The fourth-order valence-electron chi connectivity index (χ4n) is 3.67. The Bertz CT molecular complexity index is 1050. The van der Waals surface area contributed by atoms with Crippen LogP contribution in [-0.4, -0.2) is 53.1 Å². The molecule has 0 spiro atoms. The first-order valence-corrected chi connectivity index (χ1v) is 12.1. The number of amides is 2. The van der Waals surface area contributed by atoms with Crippen LogP contribution in [0.15, 0.2) is 55.1 Å². The van der Waals surface area contributed by atoms with E-state index in [9.17, 15) is 23.5 Å². The number of nitrogens with zero attached hydrogens (tertiary/aromatic N) is 1. The van der Waals surface area contributed by atoms with Gasteiger partial charge in [-0.2, -0.15) is 0 Å². The fourth-order valence-corrected chi connectivity index (χ4v) is 3.67. The van der Waals surface area contributed by atoms with Gasteiger partial charge in [-0.05, 0) is 62.4 Å². The normalized spacial score (nSPS) is 12.8. The van der Waals surface area contributed by atoms with Crippen LogP contribution in [0.2, 0.25) is 0 Å². The van der Waals surface area contributed by atoms with Crippen LogP contribution in [0, 0.1) is 11.6 Å². The van der Waals surface area contributed by atoms with E-state index in [0.29, 0.717) is 0 Å². The van der Waals surface area contributed by atoms with E-state index < -0.39 is 41.6 Å². The van der Waals surface area contributed by atoms with Gasteiger partial charge in [-0.15, -0.1) is 0 Å². The summed E-state index contributed by atoms with van der Waals surface area (Å²) in [6, 6.07) is 9.58. The number of nitrogens with one attached hydrogen (secondary N) is 1. The van der Waals surface area contributed by atoms with E-state index >= 15 is 0 Å². The molecule has 2 N–H and O–H groups in total. The van der Waals surface area contributed by atoms with Crippen LogP contribution >= 0.6 is 0 Å². The molecular weight excluding hydrogens is 482 g/mol. The third kappa shape index (κ3) is 10.6. The largest absolute Gasteiger partial charge is 0.445 e. The summed E-state index contributed by atoms with van der Waals surface area (Å²) in [5, 5.41) is 13.7. The molecule has 0 radical (unpaired) electrons. The summed E-state index contributed by atoms with van der Waals surface area (Å²) in [4.78, 5) is 26.6. The van der Waals surface area contributed by atoms with Crippen LogP contribution in [0.4, 0.5) is 18.4 Å². The monoisotopic (exact) mass is 518 g/mol. The maximum atomic E-state index is 13.8. The Labute approximate surface area is 217 Å². The molecule has 0 bridgehead atoms. The Hall–Kier alpha value is -3.46. The molecule has 37 heavy (non-hydrogen) atoms. The van der Waals surface area contributed by atoms with Crippen molar-refractivity contribution < 1.29 is 33.0 Å². The van der Waals surface area contributed by atoms with Gasteiger partial charge < -0.3 is 24.8 Å². The summed E-state index contributed by atoms with van der Waals surface area (Å²) >= 11 is 0. The Balaban J connectivity index is 2.30. The number of ether oxygens (including phenoxy) is 2. The second kappa shape index (κ2) is 13.7. The highest BCUT2D eigenvalue weighted by molar-refractivity contribution is 5.69. The van der Waals surface area contributed by atoms with Crippen molar-refractivity contribution in [1.82, 2.24) is 10.2 Å². The number of halogens is 2. The molecule has 0 aliphatic rings. The molecule has 2 aromatic carbocycles. The van der Waals surface area contributed by atoms with Crippen LogP contribution in [0.3, 0.4) is 0 Å². The van der Waals surface area contributed by atoms with Crippen molar-refractivity contribution in [3.8, 4) is 0 Å². The van der Waals surface area contributed by atoms with Gasteiger partial charge in [0.1, 0.15) is 23.8 Å². The van der Waals surface area contributed by atoms with Gasteiger partial charge in [0.15, 0.2) is 0 Å². The first-order valence-electron chi connectivity index (χ1n) is 12.1. The lowest BCUT2D eigenvalue weighted by Gasteiger charge is -2.30. The predicted molar refractivity (Wildman–Crippen MR) is 137 cm³/mol. The third-order valence-corrected chi connectivity index (χ3v) is 5.31. The van der Waals surface area contributed by atoms with Crippen LogP contribution in [0.5, 0.6) is 0 Å². The lowest BCUT2D eigenvalue weighted by molar-refractivity contribution is 0.0344. The molecule has 2 atom stereocenters. The summed E-state index contributed by atoms with van der Waals surface area (Å²) < 4.78 is 38.1. The van der Waals surface area contributed by atoms with E-state index in [2.05, 4.69) is 11.9 Å². The highest BCUT2D eigenvalue weighted by Gasteiger charge is 2.29. The summed E-state index contributed by atoms with van der Waals surface area (Å²) in [5.74, 6) is -1.57. The van der Waals surface area contributed by atoms with Crippen molar-refractivity contribution in [2.45, 2.75) is 64.8 Å². The Morgan fingerprint density at radius 2 is 1.76 bits per heavy atom.